The van der Waals surface area contributed by atoms with Gasteiger partial charge in [0.2, 0.25) is 18.3 Å². The van der Waals surface area contributed by atoms with Gasteiger partial charge in [-0.2, -0.15) is 5.26 Å². The number of amides is 1. The van der Waals surface area contributed by atoms with Gasteiger partial charge in [0, 0.05) is 41.7 Å². The van der Waals surface area contributed by atoms with Gasteiger partial charge < -0.3 is 19.4 Å². The number of benzene rings is 2. The van der Waals surface area contributed by atoms with Crippen molar-refractivity contribution in [3.8, 4) is 6.07 Å². The minimum Gasteiger partial charge on any atom is -0.475 e. The SMILES string of the molecule is [C-]#[N+]C[C@H]1CN(C2=C(C#N)C(OCC34CCCN3CCC4)=NC3C=C(c4cccc5cccc(Cl)c45)C=CC23)CCN1C(=O)C=C. The molecule has 8 nitrogen and oxygen atoms in total. The van der Waals surface area contributed by atoms with Crippen LogP contribution in [0, 0.1) is 23.8 Å². The van der Waals surface area contributed by atoms with Crippen LogP contribution in [0.25, 0.3) is 21.2 Å². The first kappa shape index (κ1) is 30.3. The Morgan fingerprint density at radius 3 is 2.72 bits per heavy atom. The van der Waals surface area contributed by atoms with Crippen LogP contribution in [0.2, 0.25) is 5.02 Å². The van der Waals surface area contributed by atoms with Crippen LogP contribution in [0.1, 0.15) is 31.2 Å². The van der Waals surface area contributed by atoms with Crippen molar-refractivity contribution in [2.75, 3.05) is 45.9 Å². The summed E-state index contributed by atoms with van der Waals surface area (Å²) < 4.78 is 6.63. The summed E-state index contributed by atoms with van der Waals surface area (Å²) in [6.45, 7) is 15.5. The summed E-state index contributed by atoms with van der Waals surface area (Å²) in [4.78, 5) is 27.9. The molecule has 46 heavy (non-hydrogen) atoms. The first-order valence-corrected chi connectivity index (χ1v) is 16.5. The van der Waals surface area contributed by atoms with Crippen molar-refractivity contribution < 1.29 is 9.53 Å². The molecule has 3 fully saturated rings. The molecule has 2 aromatic rings. The Morgan fingerprint density at radius 1 is 1.20 bits per heavy atom. The number of carbonyl (C=O) groups excluding carboxylic acids is 1. The largest absolute Gasteiger partial charge is 0.475 e. The molecule has 4 heterocycles. The fourth-order valence-corrected chi connectivity index (χ4v) is 8.50. The zero-order valence-electron chi connectivity index (χ0n) is 25.9. The Balaban J connectivity index is 1.28. The summed E-state index contributed by atoms with van der Waals surface area (Å²) in [7, 11) is 0. The van der Waals surface area contributed by atoms with E-state index in [0.717, 1.165) is 66.4 Å². The van der Waals surface area contributed by atoms with Gasteiger partial charge in [0.15, 0.2) is 0 Å². The third kappa shape index (κ3) is 5.20. The van der Waals surface area contributed by atoms with Gasteiger partial charge in [0.1, 0.15) is 24.3 Å². The third-order valence-electron chi connectivity index (χ3n) is 10.4. The smallest absolute Gasteiger partial charge is 0.246 e. The molecule has 5 aliphatic rings. The Kier molecular flexibility index (Phi) is 8.19. The zero-order chi connectivity index (χ0) is 31.8. The van der Waals surface area contributed by atoms with Gasteiger partial charge in [-0.15, -0.1) is 0 Å². The van der Waals surface area contributed by atoms with Crippen LogP contribution in [0.15, 0.2) is 83.5 Å². The van der Waals surface area contributed by atoms with Gasteiger partial charge in [-0.1, -0.05) is 66.7 Å². The van der Waals surface area contributed by atoms with Crippen molar-refractivity contribution in [1.29, 1.82) is 5.26 Å². The number of rotatable bonds is 6. The summed E-state index contributed by atoms with van der Waals surface area (Å²) in [5.74, 6) is 0.0184. The highest BCUT2D eigenvalue weighted by atomic mass is 35.5. The van der Waals surface area contributed by atoms with Crippen LogP contribution >= 0.6 is 11.6 Å². The summed E-state index contributed by atoms with van der Waals surface area (Å²) in [5, 5.41) is 13.4. The molecule has 1 aliphatic carbocycles. The minimum atomic E-state index is -0.313. The molecule has 3 saturated heterocycles. The molecule has 0 aromatic heterocycles. The number of hydrogen-bond acceptors (Lipinski definition) is 6. The second-order valence-electron chi connectivity index (χ2n) is 12.8. The number of halogens is 1. The molecule has 0 radical (unpaired) electrons. The van der Waals surface area contributed by atoms with E-state index in [4.69, 9.17) is 27.9 Å². The number of fused-ring (bicyclic) bond motifs is 3. The van der Waals surface area contributed by atoms with Crippen molar-refractivity contribution >= 4 is 39.8 Å². The number of allylic oxidation sites excluding steroid dienone is 2. The van der Waals surface area contributed by atoms with E-state index < -0.39 is 0 Å². The zero-order valence-corrected chi connectivity index (χ0v) is 26.6. The number of hydrogen-bond donors (Lipinski definition) is 0. The minimum absolute atomic E-state index is 0.00463. The van der Waals surface area contributed by atoms with Gasteiger partial charge in [0.05, 0.1) is 11.6 Å². The van der Waals surface area contributed by atoms with E-state index in [1.807, 2.05) is 18.2 Å². The van der Waals surface area contributed by atoms with E-state index in [1.54, 1.807) is 4.90 Å². The highest BCUT2D eigenvalue weighted by Crippen LogP contribution is 2.42. The predicted octanol–water partition coefficient (Wildman–Crippen LogP) is 5.88. The lowest BCUT2D eigenvalue weighted by Crippen LogP contribution is -2.57. The molecule has 4 aliphatic heterocycles. The lowest BCUT2D eigenvalue weighted by atomic mass is 9.82. The summed E-state index contributed by atoms with van der Waals surface area (Å²) >= 11 is 6.73. The summed E-state index contributed by atoms with van der Waals surface area (Å²) in [6.07, 6.45) is 12.2. The molecular formula is C37H37ClN6O2. The Labute approximate surface area is 275 Å². The summed E-state index contributed by atoms with van der Waals surface area (Å²) in [6, 6.07) is 14.0. The van der Waals surface area contributed by atoms with Crippen LogP contribution in [-0.4, -0.2) is 90.0 Å². The molecule has 2 aromatic carbocycles. The number of piperazine rings is 1. The number of aliphatic imine (C=N–C) groups is 1. The predicted molar refractivity (Wildman–Crippen MR) is 181 cm³/mol. The van der Waals surface area contributed by atoms with Gasteiger partial charge in [0.25, 0.3) is 0 Å². The number of carbonyl (C=O) groups is 1. The number of dihydropyridines is 1. The third-order valence-corrected chi connectivity index (χ3v) is 10.7. The lowest BCUT2D eigenvalue weighted by molar-refractivity contribution is -0.130. The molecule has 1 amide bonds. The van der Waals surface area contributed by atoms with Gasteiger partial charge >= 0.3 is 0 Å². The van der Waals surface area contributed by atoms with Gasteiger partial charge in [-0.05, 0) is 67.4 Å². The van der Waals surface area contributed by atoms with E-state index in [0.29, 0.717) is 42.7 Å². The van der Waals surface area contributed by atoms with Crippen LogP contribution in [0.5, 0.6) is 0 Å². The number of ether oxygens (including phenoxy) is 1. The maximum atomic E-state index is 12.7. The summed E-state index contributed by atoms with van der Waals surface area (Å²) in [5.41, 5.74) is 3.36. The van der Waals surface area contributed by atoms with E-state index in [-0.39, 0.29) is 36.0 Å². The van der Waals surface area contributed by atoms with Crippen molar-refractivity contribution in [2.45, 2.75) is 43.3 Å². The van der Waals surface area contributed by atoms with Crippen LogP contribution < -0.4 is 0 Å². The van der Waals surface area contributed by atoms with Crippen LogP contribution in [0.3, 0.4) is 0 Å². The average Bonchev–Trinajstić information content (AvgIpc) is 3.67. The van der Waals surface area contributed by atoms with Crippen molar-refractivity contribution in [3.05, 3.63) is 101 Å². The van der Waals surface area contributed by atoms with E-state index >= 15 is 0 Å². The van der Waals surface area contributed by atoms with Crippen molar-refractivity contribution in [1.82, 2.24) is 14.7 Å². The average molecular weight is 633 g/mol. The normalized spacial score (nSPS) is 25.3. The highest BCUT2D eigenvalue weighted by molar-refractivity contribution is 6.36. The van der Waals surface area contributed by atoms with Crippen molar-refractivity contribution in [3.63, 3.8) is 0 Å². The second-order valence-corrected chi connectivity index (χ2v) is 13.2. The second kappa shape index (κ2) is 12.4. The maximum absolute atomic E-state index is 12.7. The molecule has 234 valence electrons. The Hall–Kier alpha value is -4.37. The standard InChI is InChI=1S/C37H37ClN6O2/c1-3-33(45)44-19-18-42(23-27(44)22-40-2)35-29-13-12-26(28-10-4-8-25-9-5-11-31(38)34(25)28)20-32(29)41-36(30(35)21-39)46-24-37-14-6-16-43(37)17-7-15-37/h3-5,8-13,20,27,29,32H,1,6-7,14-19,22-24H2/t27-,29?,32?/m0/s1. The van der Waals surface area contributed by atoms with Crippen LogP contribution in [-0.2, 0) is 9.53 Å². The van der Waals surface area contributed by atoms with Crippen molar-refractivity contribution in [2.24, 2.45) is 10.9 Å². The maximum Gasteiger partial charge on any atom is 0.246 e. The lowest BCUT2D eigenvalue weighted by Gasteiger charge is -2.44. The Bertz CT molecular complexity index is 1780. The molecule has 9 heteroatoms. The van der Waals surface area contributed by atoms with Gasteiger partial charge in [-0.25, -0.2) is 11.6 Å². The van der Waals surface area contributed by atoms with E-state index in [2.05, 4.69) is 63.7 Å². The van der Waals surface area contributed by atoms with E-state index in [1.165, 1.54) is 6.08 Å². The number of nitrogens with zero attached hydrogens (tertiary/aromatic N) is 6. The quantitative estimate of drug-likeness (QED) is 0.294. The number of nitriles is 1. The first-order chi connectivity index (χ1) is 22.5. The topological polar surface area (TPSA) is 76.5 Å². The molecule has 3 atom stereocenters. The fraction of sp³-hybridized carbons (Fsp3) is 0.405. The molecule has 0 spiro atoms. The molecule has 0 N–H and O–H groups in total. The fourth-order valence-electron chi connectivity index (χ4n) is 8.22. The first-order valence-electron chi connectivity index (χ1n) is 16.2. The molecular weight excluding hydrogens is 596 g/mol. The molecule has 0 saturated carbocycles. The highest BCUT2D eigenvalue weighted by Gasteiger charge is 2.46. The molecule has 0 bridgehead atoms. The molecule has 7 rings (SSSR count). The molecule has 2 unspecified atom stereocenters. The van der Waals surface area contributed by atoms with E-state index in [9.17, 15) is 10.1 Å². The van der Waals surface area contributed by atoms with Gasteiger partial charge in [-0.3, -0.25) is 9.69 Å². The Morgan fingerprint density at radius 2 is 1.98 bits per heavy atom. The monoisotopic (exact) mass is 632 g/mol. The van der Waals surface area contributed by atoms with Crippen LogP contribution in [0.4, 0.5) is 0 Å².